The van der Waals surface area contributed by atoms with E-state index in [-0.39, 0.29) is 11.3 Å². The first-order valence-corrected chi connectivity index (χ1v) is 8.79. The quantitative estimate of drug-likeness (QED) is 0.796. The molecule has 0 amide bonds. The maximum absolute atomic E-state index is 14.1. The predicted octanol–water partition coefficient (Wildman–Crippen LogP) is 4.00. The van der Waals surface area contributed by atoms with Crippen LogP contribution in [-0.2, 0) is 16.8 Å². The van der Waals surface area contributed by atoms with Gasteiger partial charge in [0.1, 0.15) is 5.82 Å². The largest absolute Gasteiger partial charge is 0.772 e. The standard InChI is InChI=1S/C18H18FNO2S/c1-12-4-2-7-18(20-12)16-6-3-5-15(16)13-8-9-14(11-23(21)22)17(19)10-13/h2,4,7-10H,3,5-6,11H2,1H3,(H,21,22)/p-1. The summed E-state index contributed by atoms with van der Waals surface area (Å²) < 4.78 is 35.6. The Morgan fingerprint density at radius 2 is 2.00 bits per heavy atom. The third-order valence-corrected chi connectivity index (χ3v) is 4.64. The molecule has 0 spiro atoms. The number of rotatable bonds is 4. The van der Waals surface area contributed by atoms with E-state index in [1.807, 2.05) is 31.2 Å². The van der Waals surface area contributed by atoms with E-state index >= 15 is 0 Å². The zero-order chi connectivity index (χ0) is 16.4. The molecule has 0 saturated carbocycles. The van der Waals surface area contributed by atoms with Crippen molar-refractivity contribution in [2.45, 2.75) is 31.9 Å². The Balaban J connectivity index is 2.00. The summed E-state index contributed by atoms with van der Waals surface area (Å²) in [6.07, 6.45) is 2.84. The number of hydrogen-bond donors (Lipinski definition) is 0. The average molecular weight is 330 g/mol. The summed E-state index contributed by atoms with van der Waals surface area (Å²) in [4.78, 5) is 4.58. The number of pyridine rings is 1. The van der Waals surface area contributed by atoms with Crippen LogP contribution in [0, 0.1) is 12.7 Å². The minimum Gasteiger partial charge on any atom is -0.772 e. The smallest absolute Gasteiger partial charge is 0.127 e. The van der Waals surface area contributed by atoms with Gasteiger partial charge in [0, 0.05) is 11.4 Å². The highest BCUT2D eigenvalue weighted by atomic mass is 32.2. The Morgan fingerprint density at radius 3 is 2.70 bits per heavy atom. The summed E-state index contributed by atoms with van der Waals surface area (Å²) in [5, 5.41) is 0. The summed E-state index contributed by atoms with van der Waals surface area (Å²) in [7, 11) is 0. The molecular weight excluding hydrogens is 313 g/mol. The molecule has 1 aromatic heterocycles. The number of halogens is 1. The van der Waals surface area contributed by atoms with Gasteiger partial charge in [-0.25, -0.2) is 4.39 Å². The van der Waals surface area contributed by atoms with E-state index in [0.29, 0.717) is 0 Å². The van der Waals surface area contributed by atoms with E-state index in [9.17, 15) is 13.2 Å². The van der Waals surface area contributed by atoms with Gasteiger partial charge in [0.25, 0.3) is 0 Å². The van der Waals surface area contributed by atoms with Gasteiger partial charge in [-0.2, -0.15) is 0 Å². The van der Waals surface area contributed by atoms with Crippen molar-refractivity contribution in [3.8, 4) is 0 Å². The molecule has 0 radical (unpaired) electrons. The monoisotopic (exact) mass is 330 g/mol. The predicted molar refractivity (Wildman–Crippen MR) is 88.7 cm³/mol. The third-order valence-electron chi connectivity index (χ3n) is 4.09. The molecule has 0 fully saturated rings. The molecule has 5 heteroatoms. The van der Waals surface area contributed by atoms with Gasteiger partial charge in [-0.1, -0.05) is 29.3 Å². The Hall–Kier alpha value is -1.85. The van der Waals surface area contributed by atoms with Gasteiger partial charge in [-0.15, -0.1) is 0 Å². The summed E-state index contributed by atoms with van der Waals surface area (Å²) in [6, 6.07) is 10.7. The molecule has 2 aromatic rings. The van der Waals surface area contributed by atoms with E-state index in [0.717, 1.165) is 47.4 Å². The molecule has 23 heavy (non-hydrogen) atoms. The second kappa shape index (κ2) is 6.72. The summed E-state index contributed by atoms with van der Waals surface area (Å²) in [6.45, 7) is 1.95. The Bertz CT molecular complexity index is 801. The molecule has 0 saturated heterocycles. The van der Waals surface area contributed by atoms with Crippen LogP contribution in [0.15, 0.2) is 36.4 Å². The Kier molecular flexibility index (Phi) is 4.68. The lowest BCUT2D eigenvalue weighted by molar-refractivity contribution is 0.533. The summed E-state index contributed by atoms with van der Waals surface area (Å²) in [5.41, 5.74) is 5.20. The Morgan fingerprint density at radius 1 is 1.22 bits per heavy atom. The van der Waals surface area contributed by atoms with Crippen molar-refractivity contribution in [3.05, 3.63) is 64.7 Å². The molecule has 1 unspecified atom stereocenters. The van der Waals surface area contributed by atoms with Gasteiger partial charge in [-0.05, 0) is 66.7 Å². The van der Waals surface area contributed by atoms with Gasteiger partial charge < -0.3 is 4.55 Å². The normalized spacial score (nSPS) is 16.0. The molecular formula is C18H17FNO2S-. The van der Waals surface area contributed by atoms with Gasteiger partial charge in [0.05, 0.1) is 5.69 Å². The second-order valence-corrected chi connectivity index (χ2v) is 6.63. The van der Waals surface area contributed by atoms with E-state index < -0.39 is 16.9 Å². The maximum atomic E-state index is 14.1. The van der Waals surface area contributed by atoms with Crippen LogP contribution in [-0.4, -0.2) is 13.7 Å². The third kappa shape index (κ3) is 3.57. The highest BCUT2D eigenvalue weighted by Crippen LogP contribution is 2.39. The first-order chi connectivity index (χ1) is 11.0. The molecule has 3 nitrogen and oxygen atoms in total. The lowest BCUT2D eigenvalue weighted by atomic mass is 9.98. The Labute approximate surface area is 137 Å². The lowest BCUT2D eigenvalue weighted by Gasteiger charge is -2.11. The summed E-state index contributed by atoms with van der Waals surface area (Å²) >= 11 is -2.29. The number of benzene rings is 1. The molecule has 120 valence electrons. The zero-order valence-corrected chi connectivity index (χ0v) is 13.7. The van der Waals surface area contributed by atoms with Crippen molar-refractivity contribution in [2.24, 2.45) is 0 Å². The van der Waals surface area contributed by atoms with Crippen LogP contribution in [0.2, 0.25) is 0 Å². The van der Waals surface area contributed by atoms with Crippen LogP contribution in [0.5, 0.6) is 0 Å². The lowest BCUT2D eigenvalue weighted by Crippen LogP contribution is -1.98. The fourth-order valence-corrected chi connectivity index (χ4v) is 3.52. The van der Waals surface area contributed by atoms with E-state index in [1.54, 1.807) is 6.07 Å². The van der Waals surface area contributed by atoms with Crippen LogP contribution < -0.4 is 0 Å². The fraction of sp³-hybridized carbons (Fsp3) is 0.278. The van der Waals surface area contributed by atoms with E-state index in [4.69, 9.17) is 0 Å². The molecule has 0 N–H and O–H groups in total. The van der Waals surface area contributed by atoms with Crippen LogP contribution in [0.25, 0.3) is 11.1 Å². The first-order valence-electron chi connectivity index (χ1n) is 7.55. The van der Waals surface area contributed by atoms with Gasteiger partial charge in [0.2, 0.25) is 0 Å². The highest BCUT2D eigenvalue weighted by molar-refractivity contribution is 7.78. The topological polar surface area (TPSA) is 53.0 Å². The zero-order valence-electron chi connectivity index (χ0n) is 12.8. The maximum Gasteiger partial charge on any atom is 0.127 e. The molecule has 1 heterocycles. The number of aromatic nitrogens is 1. The van der Waals surface area contributed by atoms with Gasteiger partial charge in [-0.3, -0.25) is 9.19 Å². The molecule has 1 aliphatic rings. The van der Waals surface area contributed by atoms with Crippen LogP contribution in [0.1, 0.15) is 41.8 Å². The molecule has 1 aliphatic carbocycles. The van der Waals surface area contributed by atoms with Crippen molar-refractivity contribution in [2.75, 3.05) is 0 Å². The number of nitrogens with zero attached hydrogens (tertiary/aromatic N) is 1. The van der Waals surface area contributed by atoms with Crippen molar-refractivity contribution < 1.29 is 13.2 Å². The van der Waals surface area contributed by atoms with Gasteiger partial charge in [0.15, 0.2) is 0 Å². The highest BCUT2D eigenvalue weighted by Gasteiger charge is 2.19. The minimum atomic E-state index is -2.29. The molecule has 0 aliphatic heterocycles. The van der Waals surface area contributed by atoms with Crippen molar-refractivity contribution in [1.29, 1.82) is 0 Å². The van der Waals surface area contributed by atoms with Crippen LogP contribution in [0.3, 0.4) is 0 Å². The van der Waals surface area contributed by atoms with Crippen LogP contribution in [0.4, 0.5) is 4.39 Å². The van der Waals surface area contributed by atoms with Gasteiger partial charge >= 0.3 is 0 Å². The first kappa shape index (κ1) is 16.0. The number of allylic oxidation sites excluding steroid dienone is 2. The molecule has 1 aromatic carbocycles. The summed E-state index contributed by atoms with van der Waals surface area (Å²) in [5.74, 6) is -0.764. The van der Waals surface area contributed by atoms with Crippen LogP contribution >= 0.6 is 0 Å². The number of hydrogen-bond acceptors (Lipinski definition) is 3. The van der Waals surface area contributed by atoms with E-state index in [1.165, 1.54) is 6.07 Å². The van der Waals surface area contributed by atoms with E-state index in [2.05, 4.69) is 4.98 Å². The SMILES string of the molecule is Cc1cccc(C2=C(c3ccc(CS(=O)[O-])c(F)c3)CCC2)n1. The van der Waals surface area contributed by atoms with Crippen molar-refractivity contribution in [3.63, 3.8) is 0 Å². The average Bonchev–Trinajstić information content (AvgIpc) is 2.98. The fourth-order valence-electron chi connectivity index (χ4n) is 3.04. The number of aryl methyl sites for hydroxylation is 1. The second-order valence-electron chi connectivity index (χ2n) is 5.73. The molecule has 0 bridgehead atoms. The minimum absolute atomic E-state index is 0.205. The van der Waals surface area contributed by atoms with Crippen molar-refractivity contribution in [1.82, 2.24) is 4.98 Å². The molecule has 1 atom stereocenters. The van der Waals surface area contributed by atoms with Crippen molar-refractivity contribution >= 4 is 22.2 Å². The molecule has 3 rings (SSSR count).